The van der Waals surface area contributed by atoms with Crippen molar-refractivity contribution < 1.29 is 4.74 Å². The number of ether oxygens (including phenoxy) is 1. The number of pyridine rings is 1. The van der Waals surface area contributed by atoms with E-state index in [9.17, 15) is 0 Å². The molecule has 5 nitrogen and oxygen atoms in total. The number of hydrogen-bond acceptors (Lipinski definition) is 3. The zero-order chi connectivity index (χ0) is 14.8. The van der Waals surface area contributed by atoms with Crippen LogP contribution in [0.3, 0.4) is 0 Å². The van der Waals surface area contributed by atoms with Gasteiger partial charge in [-0.25, -0.2) is 9.98 Å². The van der Waals surface area contributed by atoms with Crippen LogP contribution in [0.2, 0.25) is 0 Å². The lowest BCUT2D eigenvalue weighted by molar-refractivity contribution is 0.232. The molecule has 2 N–H and O–H groups in total. The van der Waals surface area contributed by atoms with Crippen LogP contribution in [0.4, 0.5) is 0 Å². The van der Waals surface area contributed by atoms with Gasteiger partial charge in [0.2, 0.25) is 5.88 Å². The fraction of sp³-hybridized carbons (Fsp3) is 0.600. The van der Waals surface area contributed by atoms with Crippen LogP contribution in [-0.4, -0.2) is 30.1 Å². The van der Waals surface area contributed by atoms with Crippen molar-refractivity contribution in [2.75, 3.05) is 13.1 Å². The van der Waals surface area contributed by atoms with Crippen molar-refractivity contribution in [2.45, 2.75) is 46.8 Å². The number of hydrogen-bond donors (Lipinski definition) is 2. The number of rotatable bonds is 7. The molecule has 0 saturated carbocycles. The molecule has 0 saturated heterocycles. The van der Waals surface area contributed by atoms with Crippen LogP contribution in [0.15, 0.2) is 23.3 Å². The Kier molecular flexibility index (Phi) is 7.47. The predicted octanol–water partition coefficient (Wildman–Crippen LogP) is 2.33. The molecule has 0 spiro atoms. The second-order valence-corrected chi connectivity index (χ2v) is 4.79. The van der Waals surface area contributed by atoms with Gasteiger partial charge in [0.25, 0.3) is 0 Å². The zero-order valence-electron chi connectivity index (χ0n) is 12.9. The molecule has 1 aromatic rings. The Morgan fingerprint density at radius 2 is 2.10 bits per heavy atom. The molecule has 1 heterocycles. The molecular weight excluding hydrogens is 252 g/mol. The van der Waals surface area contributed by atoms with E-state index in [1.807, 2.05) is 32.2 Å². The Labute approximate surface area is 121 Å². The first-order valence-corrected chi connectivity index (χ1v) is 7.29. The number of guanidine groups is 1. The first-order valence-electron chi connectivity index (χ1n) is 7.29. The van der Waals surface area contributed by atoms with E-state index in [1.165, 1.54) is 0 Å². The maximum atomic E-state index is 5.51. The summed E-state index contributed by atoms with van der Waals surface area (Å²) in [6, 6.07) is 3.88. The highest BCUT2D eigenvalue weighted by Crippen LogP contribution is 2.10. The van der Waals surface area contributed by atoms with Gasteiger partial charge in [0.1, 0.15) is 0 Å². The third kappa shape index (κ3) is 6.41. The van der Waals surface area contributed by atoms with Gasteiger partial charge in [-0.1, -0.05) is 13.0 Å². The third-order valence-corrected chi connectivity index (χ3v) is 2.46. The molecule has 20 heavy (non-hydrogen) atoms. The standard InChI is InChI=1S/C15H26N4O/c1-5-9-17-15(16-6-2)19-11-13-7-8-14(18-10-13)20-12(3)4/h7-8,10,12H,5-6,9,11H2,1-4H3,(H2,16,17,19). The second-order valence-electron chi connectivity index (χ2n) is 4.79. The summed E-state index contributed by atoms with van der Waals surface area (Å²) in [5, 5.41) is 6.49. The number of nitrogens with zero attached hydrogens (tertiary/aromatic N) is 2. The molecule has 0 unspecified atom stereocenters. The number of aromatic nitrogens is 1. The minimum Gasteiger partial charge on any atom is -0.475 e. The van der Waals surface area contributed by atoms with E-state index in [0.717, 1.165) is 31.0 Å². The molecule has 1 aromatic heterocycles. The minimum atomic E-state index is 0.143. The van der Waals surface area contributed by atoms with E-state index in [0.29, 0.717) is 12.4 Å². The Morgan fingerprint density at radius 3 is 2.65 bits per heavy atom. The minimum absolute atomic E-state index is 0.143. The second kappa shape index (κ2) is 9.18. The van der Waals surface area contributed by atoms with Gasteiger partial charge >= 0.3 is 0 Å². The third-order valence-electron chi connectivity index (χ3n) is 2.46. The van der Waals surface area contributed by atoms with Gasteiger partial charge in [-0.3, -0.25) is 0 Å². The predicted molar refractivity (Wildman–Crippen MR) is 83.1 cm³/mol. The monoisotopic (exact) mass is 278 g/mol. The maximum absolute atomic E-state index is 5.51. The highest BCUT2D eigenvalue weighted by Gasteiger charge is 2.00. The lowest BCUT2D eigenvalue weighted by Gasteiger charge is -2.10. The van der Waals surface area contributed by atoms with Gasteiger partial charge in [0.15, 0.2) is 5.96 Å². The van der Waals surface area contributed by atoms with Gasteiger partial charge in [-0.15, -0.1) is 0 Å². The highest BCUT2D eigenvalue weighted by atomic mass is 16.5. The topological polar surface area (TPSA) is 58.5 Å². The molecule has 0 radical (unpaired) electrons. The van der Waals surface area contributed by atoms with E-state index in [2.05, 4.69) is 34.5 Å². The Morgan fingerprint density at radius 1 is 1.30 bits per heavy atom. The smallest absolute Gasteiger partial charge is 0.213 e. The van der Waals surface area contributed by atoms with E-state index < -0.39 is 0 Å². The first-order chi connectivity index (χ1) is 9.65. The molecule has 0 aromatic carbocycles. The van der Waals surface area contributed by atoms with Crippen LogP contribution in [0.5, 0.6) is 5.88 Å². The molecular formula is C15H26N4O. The highest BCUT2D eigenvalue weighted by molar-refractivity contribution is 5.79. The summed E-state index contributed by atoms with van der Waals surface area (Å²) in [5.74, 6) is 1.50. The molecule has 0 aliphatic rings. The lowest BCUT2D eigenvalue weighted by Crippen LogP contribution is -2.37. The van der Waals surface area contributed by atoms with Gasteiger partial charge in [0.05, 0.1) is 12.6 Å². The van der Waals surface area contributed by atoms with E-state index in [4.69, 9.17) is 4.74 Å². The largest absolute Gasteiger partial charge is 0.475 e. The molecule has 0 amide bonds. The summed E-state index contributed by atoms with van der Waals surface area (Å²) in [6.45, 7) is 10.6. The number of nitrogens with one attached hydrogen (secondary N) is 2. The molecule has 112 valence electrons. The number of aliphatic imine (C=N–C) groups is 1. The molecule has 1 rings (SSSR count). The Hall–Kier alpha value is -1.78. The zero-order valence-corrected chi connectivity index (χ0v) is 12.9. The van der Waals surface area contributed by atoms with Crippen LogP contribution in [-0.2, 0) is 6.54 Å². The maximum Gasteiger partial charge on any atom is 0.213 e. The van der Waals surface area contributed by atoms with Crippen molar-refractivity contribution >= 4 is 5.96 Å². The van der Waals surface area contributed by atoms with Crippen molar-refractivity contribution in [3.05, 3.63) is 23.9 Å². The van der Waals surface area contributed by atoms with Gasteiger partial charge in [0, 0.05) is 25.4 Å². The van der Waals surface area contributed by atoms with Gasteiger partial charge in [-0.05, 0) is 32.8 Å². The molecule has 0 bridgehead atoms. The first kappa shape index (κ1) is 16.3. The summed E-state index contributed by atoms with van der Waals surface area (Å²) in [6.07, 6.45) is 3.03. The van der Waals surface area contributed by atoms with Crippen molar-refractivity contribution in [1.29, 1.82) is 0 Å². The van der Waals surface area contributed by atoms with E-state index in [1.54, 1.807) is 0 Å². The van der Waals surface area contributed by atoms with Crippen LogP contribution in [0.1, 0.15) is 39.7 Å². The summed E-state index contributed by atoms with van der Waals surface area (Å²) >= 11 is 0. The van der Waals surface area contributed by atoms with E-state index in [-0.39, 0.29) is 6.10 Å². The summed E-state index contributed by atoms with van der Waals surface area (Å²) < 4.78 is 5.51. The van der Waals surface area contributed by atoms with Crippen LogP contribution in [0, 0.1) is 0 Å². The summed E-state index contributed by atoms with van der Waals surface area (Å²) in [5.41, 5.74) is 1.06. The lowest BCUT2D eigenvalue weighted by atomic mass is 10.3. The van der Waals surface area contributed by atoms with E-state index >= 15 is 0 Å². The fourth-order valence-electron chi connectivity index (χ4n) is 1.57. The average molecular weight is 278 g/mol. The van der Waals surface area contributed by atoms with Crippen LogP contribution in [0.25, 0.3) is 0 Å². The summed E-state index contributed by atoms with van der Waals surface area (Å²) in [4.78, 5) is 8.80. The molecule has 0 aliphatic heterocycles. The van der Waals surface area contributed by atoms with Crippen LogP contribution < -0.4 is 15.4 Å². The average Bonchev–Trinajstić information content (AvgIpc) is 2.43. The molecule has 5 heteroatoms. The SMILES string of the molecule is CCCNC(=NCc1ccc(OC(C)C)nc1)NCC. The van der Waals surface area contributed by atoms with Gasteiger partial charge in [-0.2, -0.15) is 0 Å². The molecule has 0 fully saturated rings. The Balaban J connectivity index is 2.57. The summed E-state index contributed by atoms with van der Waals surface area (Å²) in [7, 11) is 0. The van der Waals surface area contributed by atoms with Crippen molar-refractivity contribution in [1.82, 2.24) is 15.6 Å². The van der Waals surface area contributed by atoms with Gasteiger partial charge < -0.3 is 15.4 Å². The van der Waals surface area contributed by atoms with Crippen molar-refractivity contribution in [2.24, 2.45) is 4.99 Å². The Bertz CT molecular complexity index is 401. The molecule has 0 aliphatic carbocycles. The normalized spacial score (nSPS) is 11.6. The fourth-order valence-corrected chi connectivity index (χ4v) is 1.57. The molecule has 0 atom stereocenters. The van der Waals surface area contributed by atoms with Crippen LogP contribution >= 0.6 is 0 Å². The van der Waals surface area contributed by atoms with Crippen molar-refractivity contribution in [3.63, 3.8) is 0 Å². The quantitative estimate of drug-likeness (QED) is 0.594. The van der Waals surface area contributed by atoms with Crippen molar-refractivity contribution in [3.8, 4) is 5.88 Å².